The Hall–Kier alpha value is -0.440. The van der Waals surface area contributed by atoms with E-state index < -0.39 is 0 Å². The minimum absolute atomic E-state index is 0.243. The van der Waals surface area contributed by atoms with Crippen LogP contribution >= 0.6 is 23.2 Å². The Morgan fingerprint density at radius 1 is 1.05 bits per heavy atom. The lowest BCUT2D eigenvalue weighted by Gasteiger charge is -2.19. The first-order valence-corrected chi connectivity index (χ1v) is 8.68. The number of unbranched alkanes of at least 4 members (excludes halogenated alkanes) is 4. The molecule has 0 aliphatic rings. The van der Waals surface area contributed by atoms with Crippen molar-refractivity contribution in [2.75, 3.05) is 13.7 Å². The van der Waals surface area contributed by atoms with Gasteiger partial charge in [-0.05, 0) is 32.0 Å². The van der Waals surface area contributed by atoms with Gasteiger partial charge in [-0.3, -0.25) is 0 Å². The highest BCUT2D eigenvalue weighted by Gasteiger charge is 2.16. The smallest absolute Gasteiger partial charge is 0.139 e. The second-order valence-corrected chi connectivity index (χ2v) is 6.10. The van der Waals surface area contributed by atoms with Gasteiger partial charge in [-0.1, -0.05) is 62.2 Å². The first-order chi connectivity index (χ1) is 10.1. The molecule has 0 spiro atoms. The average molecular weight is 332 g/mol. The summed E-state index contributed by atoms with van der Waals surface area (Å²) >= 11 is 12.7. The molecule has 0 radical (unpaired) electrons. The first kappa shape index (κ1) is 18.6. The molecule has 0 aliphatic carbocycles. The van der Waals surface area contributed by atoms with Crippen LogP contribution in [0.3, 0.4) is 0 Å². The predicted octanol–water partition coefficient (Wildman–Crippen LogP) is 6.01. The summed E-state index contributed by atoms with van der Waals surface area (Å²) < 4.78 is 5.47. The monoisotopic (exact) mass is 331 g/mol. The molecule has 120 valence electrons. The molecule has 0 saturated heterocycles. The highest BCUT2D eigenvalue weighted by atomic mass is 35.5. The van der Waals surface area contributed by atoms with E-state index in [1.54, 1.807) is 0 Å². The quantitative estimate of drug-likeness (QED) is 0.530. The van der Waals surface area contributed by atoms with Crippen molar-refractivity contribution in [2.45, 2.75) is 58.4 Å². The fraction of sp³-hybridized carbons (Fsp3) is 0.647. The Kier molecular flexibility index (Phi) is 9.14. The SMILES string of the molecule is CCCCCCCC(NC)c1cc(Cl)c(OCC)cc1Cl. The summed E-state index contributed by atoms with van der Waals surface area (Å²) in [5.74, 6) is 0.658. The number of halogens is 2. The molecule has 1 aromatic rings. The maximum atomic E-state index is 6.39. The largest absolute Gasteiger partial charge is 0.492 e. The van der Waals surface area contributed by atoms with Crippen LogP contribution in [-0.2, 0) is 0 Å². The third-order valence-electron chi connectivity index (χ3n) is 3.67. The lowest BCUT2D eigenvalue weighted by molar-refractivity contribution is 0.340. The summed E-state index contributed by atoms with van der Waals surface area (Å²) in [6.45, 7) is 4.76. The molecular formula is C17H27Cl2NO. The Balaban J connectivity index is 2.69. The van der Waals surface area contributed by atoms with Crippen LogP contribution in [0.15, 0.2) is 12.1 Å². The normalized spacial score (nSPS) is 12.4. The van der Waals surface area contributed by atoms with E-state index in [1.807, 2.05) is 26.1 Å². The highest BCUT2D eigenvalue weighted by molar-refractivity contribution is 6.34. The van der Waals surface area contributed by atoms with Gasteiger partial charge in [-0.2, -0.15) is 0 Å². The zero-order valence-corrected chi connectivity index (χ0v) is 14.9. The van der Waals surface area contributed by atoms with Gasteiger partial charge >= 0.3 is 0 Å². The third-order valence-corrected chi connectivity index (χ3v) is 4.29. The second-order valence-electron chi connectivity index (χ2n) is 5.28. The molecule has 2 nitrogen and oxygen atoms in total. The summed E-state index contributed by atoms with van der Waals surface area (Å²) in [5, 5.41) is 4.69. The summed E-state index contributed by atoms with van der Waals surface area (Å²) in [5.41, 5.74) is 1.06. The molecule has 21 heavy (non-hydrogen) atoms. The van der Waals surface area contributed by atoms with Crippen molar-refractivity contribution in [3.8, 4) is 5.75 Å². The zero-order valence-electron chi connectivity index (χ0n) is 13.3. The van der Waals surface area contributed by atoms with E-state index in [1.165, 1.54) is 32.1 Å². The molecule has 0 heterocycles. The van der Waals surface area contributed by atoms with Crippen molar-refractivity contribution in [3.05, 3.63) is 27.7 Å². The van der Waals surface area contributed by atoms with Gasteiger partial charge in [-0.25, -0.2) is 0 Å². The lowest BCUT2D eigenvalue weighted by atomic mass is 9.99. The topological polar surface area (TPSA) is 21.3 Å². The molecule has 1 rings (SSSR count). The third kappa shape index (κ3) is 6.06. The van der Waals surface area contributed by atoms with Crippen LogP contribution in [-0.4, -0.2) is 13.7 Å². The first-order valence-electron chi connectivity index (χ1n) is 7.93. The fourth-order valence-corrected chi connectivity index (χ4v) is 3.00. The van der Waals surface area contributed by atoms with Gasteiger partial charge in [0.25, 0.3) is 0 Å². The van der Waals surface area contributed by atoms with Gasteiger partial charge in [0.15, 0.2) is 0 Å². The molecule has 1 atom stereocenters. The van der Waals surface area contributed by atoms with E-state index in [9.17, 15) is 0 Å². The van der Waals surface area contributed by atoms with Crippen LogP contribution in [0.5, 0.6) is 5.75 Å². The molecular weight excluding hydrogens is 305 g/mol. The Morgan fingerprint density at radius 2 is 1.76 bits per heavy atom. The number of ether oxygens (including phenoxy) is 1. The predicted molar refractivity (Wildman–Crippen MR) is 92.8 cm³/mol. The average Bonchev–Trinajstić information content (AvgIpc) is 2.47. The number of nitrogens with one attached hydrogen (secondary N) is 1. The molecule has 1 unspecified atom stereocenters. The van der Waals surface area contributed by atoms with Gasteiger partial charge in [0.05, 0.1) is 11.6 Å². The van der Waals surface area contributed by atoms with Crippen LogP contribution in [0.4, 0.5) is 0 Å². The van der Waals surface area contributed by atoms with E-state index in [2.05, 4.69) is 12.2 Å². The van der Waals surface area contributed by atoms with Crippen molar-refractivity contribution in [1.82, 2.24) is 5.32 Å². The molecule has 0 aromatic heterocycles. The highest BCUT2D eigenvalue weighted by Crippen LogP contribution is 2.35. The molecule has 0 amide bonds. The molecule has 0 bridgehead atoms. The summed E-state index contributed by atoms with van der Waals surface area (Å²) in [6.07, 6.45) is 7.45. The zero-order chi connectivity index (χ0) is 15.7. The molecule has 0 aliphatic heterocycles. The minimum Gasteiger partial charge on any atom is -0.492 e. The van der Waals surface area contributed by atoms with Gasteiger partial charge in [-0.15, -0.1) is 0 Å². The van der Waals surface area contributed by atoms with Crippen LogP contribution in [0.2, 0.25) is 10.0 Å². The van der Waals surface area contributed by atoms with Gasteiger partial charge in [0.1, 0.15) is 5.75 Å². The summed E-state index contributed by atoms with van der Waals surface area (Å²) in [7, 11) is 1.97. The number of hydrogen-bond acceptors (Lipinski definition) is 2. The molecule has 4 heteroatoms. The van der Waals surface area contributed by atoms with Crippen molar-refractivity contribution in [1.29, 1.82) is 0 Å². The molecule has 1 aromatic carbocycles. The van der Waals surface area contributed by atoms with Crippen molar-refractivity contribution >= 4 is 23.2 Å². The van der Waals surface area contributed by atoms with Crippen molar-refractivity contribution in [3.63, 3.8) is 0 Å². The number of rotatable bonds is 10. The summed E-state index contributed by atoms with van der Waals surface area (Å²) in [6, 6.07) is 4.00. The van der Waals surface area contributed by atoms with E-state index >= 15 is 0 Å². The van der Waals surface area contributed by atoms with Crippen LogP contribution < -0.4 is 10.1 Å². The van der Waals surface area contributed by atoms with Crippen LogP contribution in [0.1, 0.15) is 64.0 Å². The van der Waals surface area contributed by atoms with Crippen LogP contribution in [0.25, 0.3) is 0 Å². The van der Waals surface area contributed by atoms with E-state index in [0.29, 0.717) is 17.4 Å². The van der Waals surface area contributed by atoms with Crippen molar-refractivity contribution in [2.24, 2.45) is 0 Å². The minimum atomic E-state index is 0.243. The van der Waals surface area contributed by atoms with Crippen molar-refractivity contribution < 1.29 is 4.74 Å². The van der Waals surface area contributed by atoms with Gasteiger partial charge in [0.2, 0.25) is 0 Å². The molecule has 1 N–H and O–H groups in total. The number of hydrogen-bond donors (Lipinski definition) is 1. The van der Waals surface area contributed by atoms with Crippen LogP contribution in [0, 0.1) is 0 Å². The van der Waals surface area contributed by atoms with Gasteiger partial charge in [0, 0.05) is 17.1 Å². The Morgan fingerprint density at radius 3 is 2.38 bits per heavy atom. The van der Waals surface area contributed by atoms with E-state index in [4.69, 9.17) is 27.9 Å². The lowest BCUT2D eigenvalue weighted by Crippen LogP contribution is -2.17. The Labute approximate surface area is 139 Å². The Bertz CT molecular complexity index is 423. The van der Waals surface area contributed by atoms with Gasteiger partial charge < -0.3 is 10.1 Å². The summed E-state index contributed by atoms with van der Waals surface area (Å²) in [4.78, 5) is 0. The number of benzene rings is 1. The molecule has 0 saturated carbocycles. The molecule has 0 fully saturated rings. The maximum Gasteiger partial charge on any atom is 0.139 e. The van der Waals surface area contributed by atoms with E-state index in [-0.39, 0.29) is 6.04 Å². The fourth-order valence-electron chi connectivity index (χ4n) is 2.48. The van der Waals surface area contributed by atoms with E-state index in [0.717, 1.165) is 17.0 Å². The standard InChI is InChI=1S/C17H27Cl2NO/c1-4-6-7-8-9-10-16(20-3)13-11-15(19)17(21-5-2)12-14(13)18/h11-12,16,20H,4-10H2,1-3H3. The maximum absolute atomic E-state index is 6.39. The second kappa shape index (κ2) is 10.3.